The highest BCUT2D eigenvalue weighted by molar-refractivity contribution is 7.99. The van der Waals surface area contributed by atoms with Crippen LogP contribution in [0.15, 0.2) is 35.6 Å². The van der Waals surface area contributed by atoms with Gasteiger partial charge in [0, 0.05) is 30.6 Å². The Morgan fingerprint density at radius 2 is 1.97 bits per heavy atom. The van der Waals surface area contributed by atoms with Gasteiger partial charge in [-0.25, -0.2) is 14.6 Å². The van der Waals surface area contributed by atoms with Gasteiger partial charge in [0.25, 0.3) is 0 Å². The molecule has 7 nitrogen and oxygen atoms in total. The number of ether oxygens (including phenoxy) is 2. The van der Waals surface area contributed by atoms with Crippen LogP contribution in [0.2, 0.25) is 0 Å². The molecule has 2 N–H and O–H groups in total. The van der Waals surface area contributed by atoms with Crippen LogP contribution in [0.3, 0.4) is 0 Å². The van der Waals surface area contributed by atoms with Crippen LogP contribution in [0.5, 0.6) is 0 Å². The Labute approximate surface area is 176 Å². The topological polar surface area (TPSA) is 93.3 Å². The van der Waals surface area contributed by atoms with Crippen molar-refractivity contribution in [1.82, 2.24) is 15.3 Å². The first-order valence-electron chi connectivity index (χ1n) is 9.67. The second-order valence-corrected chi connectivity index (χ2v) is 8.45. The second-order valence-electron chi connectivity index (χ2n) is 7.37. The Morgan fingerprint density at radius 3 is 2.69 bits per heavy atom. The van der Waals surface area contributed by atoms with E-state index in [1.54, 1.807) is 30.9 Å². The van der Waals surface area contributed by atoms with E-state index in [0.717, 1.165) is 28.6 Å². The molecular formula is C21H29N3O4S. The second kappa shape index (κ2) is 10.9. The maximum Gasteiger partial charge on any atom is 0.407 e. The average Bonchev–Trinajstić information content (AvgIpc) is 3.08. The van der Waals surface area contributed by atoms with Crippen LogP contribution in [0.1, 0.15) is 49.3 Å². The molecule has 1 aromatic heterocycles. The van der Waals surface area contributed by atoms with Crippen molar-refractivity contribution >= 4 is 23.8 Å². The van der Waals surface area contributed by atoms with Crippen LogP contribution >= 0.6 is 11.8 Å². The summed E-state index contributed by atoms with van der Waals surface area (Å²) in [6.45, 7) is 8.12. The number of hydrogen-bond donors (Lipinski definition) is 2. The molecule has 1 amide bonds. The van der Waals surface area contributed by atoms with E-state index in [0.29, 0.717) is 25.1 Å². The molecule has 1 aromatic carbocycles. The van der Waals surface area contributed by atoms with E-state index in [2.05, 4.69) is 15.3 Å². The number of alkyl carbamates (subject to hydrolysis) is 1. The van der Waals surface area contributed by atoms with E-state index in [-0.39, 0.29) is 5.97 Å². The molecule has 2 rings (SSSR count). The maximum absolute atomic E-state index is 12.0. The summed E-state index contributed by atoms with van der Waals surface area (Å²) in [4.78, 5) is 31.3. The van der Waals surface area contributed by atoms with Crippen LogP contribution in [-0.4, -0.2) is 46.5 Å². The van der Waals surface area contributed by atoms with Crippen LogP contribution in [0.4, 0.5) is 4.79 Å². The quantitative estimate of drug-likeness (QED) is 0.472. The number of aromatic nitrogens is 2. The van der Waals surface area contributed by atoms with Crippen molar-refractivity contribution in [2.75, 3.05) is 18.9 Å². The van der Waals surface area contributed by atoms with Crippen molar-refractivity contribution in [1.29, 1.82) is 0 Å². The molecule has 0 aliphatic heterocycles. The van der Waals surface area contributed by atoms with Crippen molar-refractivity contribution < 1.29 is 19.1 Å². The van der Waals surface area contributed by atoms with Gasteiger partial charge in [0.15, 0.2) is 5.16 Å². The SMILES string of the molecule is CCOC(=O)c1ccccc1CCSc1ncc(CCNC(=O)OC(C)(C)C)[nH]1. The minimum Gasteiger partial charge on any atom is -0.462 e. The predicted octanol–water partition coefficient (Wildman–Crippen LogP) is 3.99. The number of carbonyl (C=O) groups excluding carboxylic acids is 2. The minimum atomic E-state index is -0.506. The van der Waals surface area contributed by atoms with Gasteiger partial charge in [-0.1, -0.05) is 30.0 Å². The van der Waals surface area contributed by atoms with E-state index >= 15 is 0 Å². The Morgan fingerprint density at radius 1 is 1.21 bits per heavy atom. The van der Waals surface area contributed by atoms with Gasteiger partial charge in [-0.05, 0) is 45.7 Å². The number of nitrogens with zero attached hydrogens (tertiary/aromatic N) is 1. The van der Waals surface area contributed by atoms with Crippen LogP contribution in [0, 0.1) is 0 Å². The number of rotatable bonds is 9. The van der Waals surface area contributed by atoms with Gasteiger partial charge in [0.2, 0.25) is 0 Å². The number of esters is 1. The molecule has 0 saturated heterocycles. The highest BCUT2D eigenvalue weighted by Crippen LogP contribution is 2.18. The number of imidazole rings is 1. The zero-order valence-electron chi connectivity index (χ0n) is 17.4. The zero-order valence-corrected chi connectivity index (χ0v) is 18.2. The van der Waals surface area contributed by atoms with E-state index in [1.807, 2.05) is 39.0 Å². The number of nitrogens with one attached hydrogen (secondary N) is 2. The number of aryl methyl sites for hydroxylation is 1. The Kier molecular flexibility index (Phi) is 8.57. The minimum absolute atomic E-state index is 0.286. The van der Waals surface area contributed by atoms with E-state index < -0.39 is 11.7 Å². The third kappa shape index (κ3) is 8.19. The zero-order chi connectivity index (χ0) is 21.3. The van der Waals surface area contributed by atoms with E-state index in [4.69, 9.17) is 9.47 Å². The predicted molar refractivity (Wildman–Crippen MR) is 113 cm³/mol. The summed E-state index contributed by atoms with van der Waals surface area (Å²) in [7, 11) is 0. The molecule has 158 valence electrons. The molecule has 8 heteroatoms. The summed E-state index contributed by atoms with van der Waals surface area (Å²) in [6.07, 6.45) is 2.71. The van der Waals surface area contributed by atoms with Gasteiger partial charge < -0.3 is 19.8 Å². The molecule has 0 aliphatic rings. The number of carbonyl (C=O) groups is 2. The number of amides is 1. The van der Waals surface area contributed by atoms with Crippen LogP contribution in [-0.2, 0) is 22.3 Å². The monoisotopic (exact) mass is 419 g/mol. The Bertz CT molecular complexity index is 814. The molecule has 2 aromatic rings. The molecule has 0 fully saturated rings. The first-order valence-corrected chi connectivity index (χ1v) is 10.7. The molecule has 29 heavy (non-hydrogen) atoms. The summed E-state index contributed by atoms with van der Waals surface area (Å²) < 4.78 is 10.3. The Hall–Kier alpha value is -2.48. The molecule has 0 atom stereocenters. The normalized spacial score (nSPS) is 11.2. The summed E-state index contributed by atoms with van der Waals surface area (Å²) in [5.74, 6) is 0.491. The fourth-order valence-electron chi connectivity index (χ4n) is 2.56. The van der Waals surface area contributed by atoms with Crippen molar-refractivity contribution in [3.8, 4) is 0 Å². The van der Waals surface area contributed by atoms with E-state index in [1.165, 1.54) is 0 Å². The maximum atomic E-state index is 12.0. The molecule has 0 unspecified atom stereocenters. The number of thioether (sulfide) groups is 1. The Balaban J connectivity index is 1.77. The van der Waals surface area contributed by atoms with Gasteiger partial charge >= 0.3 is 12.1 Å². The smallest absolute Gasteiger partial charge is 0.407 e. The van der Waals surface area contributed by atoms with Gasteiger partial charge in [-0.3, -0.25) is 0 Å². The lowest BCUT2D eigenvalue weighted by atomic mass is 10.1. The van der Waals surface area contributed by atoms with E-state index in [9.17, 15) is 9.59 Å². The number of aromatic amines is 1. The highest BCUT2D eigenvalue weighted by Gasteiger charge is 2.15. The van der Waals surface area contributed by atoms with Crippen molar-refractivity contribution in [2.45, 2.75) is 51.3 Å². The third-order valence-electron chi connectivity index (χ3n) is 3.79. The van der Waals surface area contributed by atoms with Crippen molar-refractivity contribution in [3.05, 3.63) is 47.3 Å². The molecule has 1 heterocycles. The largest absolute Gasteiger partial charge is 0.462 e. The summed E-state index contributed by atoms with van der Waals surface area (Å²) in [5, 5.41) is 3.54. The molecule has 0 saturated carbocycles. The van der Waals surface area contributed by atoms with Crippen LogP contribution in [0.25, 0.3) is 0 Å². The molecule has 0 spiro atoms. The third-order valence-corrected chi connectivity index (χ3v) is 4.68. The summed E-state index contributed by atoms with van der Waals surface area (Å²) in [5.41, 5.74) is 2.01. The van der Waals surface area contributed by atoms with Crippen molar-refractivity contribution in [2.24, 2.45) is 0 Å². The lowest BCUT2D eigenvalue weighted by Crippen LogP contribution is -2.33. The van der Waals surface area contributed by atoms with Gasteiger partial charge in [-0.2, -0.15) is 0 Å². The summed E-state index contributed by atoms with van der Waals surface area (Å²) >= 11 is 1.59. The highest BCUT2D eigenvalue weighted by atomic mass is 32.2. The number of benzene rings is 1. The summed E-state index contributed by atoms with van der Waals surface area (Å²) in [6, 6.07) is 7.50. The van der Waals surface area contributed by atoms with Gasteiger partial charge in [0.05, 0.1) is 12.2 Å². The standard InChI is InChI=1S/C21H29N3O4S/c1-5-27-18(25)17-9-7-6-8-15(17)11-13-29-19-23-14-16(24-19)10-12-22-20(26)28-21(2,3)4/h6-9,14H,5,10-13H2,1-4H3,(H,22,26)(H,23,24). The fraction of sp³-hybridized carbons (Fsp3) is 0.476. The van der Waals surface area contributed by atoms with Gasteiger partial charge in [0.1, 0.15) is 5.60 Å². The van der Waals surface area contributed by atoms with Gasteiger partial charge in [-0.15, -0.1) is 0 Å². The number of hydrogen-bond acceptors (Lipinski definition) is 6. The first-order chi connectivity index (χ1) is 13.8. The molecule has 0 bridgehead atoms. The van der Waals surface area contributed by atoms with Crippen molar-refractivity contribution in [3.63, 3.8) is 0 Å². The number of H-pyrrole nitrogens is 1. The lowest BCUT2D eigenvalue weighted by molar-refractivity contribution is 0.0516. The average molecular weight is 420 g/mol. The molecule has 0 aliphatic carbocycles. The first kappa shape index (κ1) is 22.8. The van der Waals surface area contributed by atoms with Crippen LogP contribution < -0.4 is 5.32 Å². The molecule has 0 radical (unpaired) electrons. The molecular weight excluding hydrogens is 390 g/mol. The lowest BCUT2D eigenvalue weighted by Gasteiger charge is -2.19. The fourth-order valence-corrected chi connectivity index (χ4v) is 3.40.